The molecule has 0 bridgehead atoms. The van der Waals surface area contributed by atoms with Crippen LogP contribution >= 0.6 is 12.2 Å². The molecule has 4 aromatic rings. The van der Waals surface area contributed by atoms with Crippen LogP contribution < -0.4 is 15.6 Å². The summed E-state index contributed by atoms with van der Waals surface area (Å²) in [7, 11) is 0. The van der Waals surface area contributed by atoms with E-state index in [0.717, 1.165) is 33.5 Å². The van der Waals surface area contributed by atoms with Crippen molar-refractivity contribution in [3.63, 3.8) is 0 Å². The third kappa shape index (κ3) is 5.56. The second-order valence-electron chi connectivity index (χ2n) is 7.77. The van der Waals surface area contributed by atoms with E-state index in [2.05, 4.69) is 15.3 Å². The van der Waals surface area contributed by atoms with Crippen molar-refractivity contribution < 1.29 is 4.74 Å². The van der Waals surface area contributed by atoms with Gasteiger partial charge in [-0.2, -0.15) is 0 Å². The van der Waals surface area contributed by atoms with Crippen LogP contribution in [0.2, 0.25) is 0 Å². The molecule has 6 nitrogen and oxygen atoms in total. The molecular formula is C26H26N4O2S. The normalized spacial score (nSPS) is 10.7. The standard InChI is InChI=1S/C26H26N4O2S/c1-3-32-23-11-9-22(10-12-23)28-26(33)30(16-19-7-5-13-27-15-19)17-21-14-20-8-4-6-18(2)24(20)29-25(21)31/h4-15H,3,16-17H2,1-2H3,(H,28,33)(H,29,31). The molecule has 0 aliphatic heterocycles. The molecular weight excluding hydrogens is 432 g/mol. The molecule has 168 valence electrons. The van der Waals surface area contributed by atoms with Crippen LogP contribution in [0.5, 0.6) is 5.75 Å². The molecule has 0 aliphatic carbocycles. The quantitative estimate of drug-likeness (QED) is 0.379. The minimum absolute atomic E-state index is 0.114. The Balaban J connectivity index is 1.60. The minimum Gasteiger partial charge on any atom is -0.494 e. The summed E-state index contributed by atoms with van der Waals surface area (Å²) in [5, 5.41) is 4.80. The van der Waals surface area contributed by atoms with Gasteiger partial charge in [-0.15, -0.1) is 0 Å². The Hall–Kier alpha value is -3.71. The number of aromatic nitrogens is 2. The highest BCUT2D eigenvalue weighted by Crippen LogP contribution is 2.19. The topological polar surface area (TPSA) is 70.2 Å². The van der Waals surface area contributed by atoms with E-state index in [0.29, 0.717) is 30.4 Å². The molecule has 0 amide bonds. The number of anilines is 1. The highest BCUT2D eigenvalue weighted by Gasteiger charge is 2.15. The molecule has 0 fully saturated rings. The van der Waals surface area contributed by atoms with E-state index in [-0.39, 0.29) is 5.56 Å². The number of aromatic amines is 1. The predicted molar refractivity (Wildman–Crippen MR) is 137 cm³/mol. The number of para-hydroxylation sites is 1. The smallest absolute Gasteiger partial charge is 0.253 e. The van der Waals surface area contributed by atoms with Crippen molar-refractivity contribution in [3.8, 4) is 5.75 Å². The summed E-state index contributed by atoms with van der Waals surface area (Å²) in [5.41, 5.74) is 4.28. The maximum Gasteiger partial charge on any atom is 0.253 e. The Morgan fingerprint density at radius 3 is 2.67 bits per heavy atom. The highest BCUT2D eigenvalue weighted by molar-refractivity contribution is 7.80. The number of rotatable bonds is 7. The molecule has 0 saturated carbocycles. The second-order valence-corrected chi connectivity index (χ2v) is 8.15. The van der Waals surface area contributed by atoms with Gasteiger partial charge in [-0.3, -0.25) is 9.78 Å². The van der Waals surface area contributed by atoms with Gasteiger partial charge in [0.1, 0.15) is 5.75 Å². The van der Waals surface area contributed by atoms with E-state index in [9.17, 15) is 4.79 Å². The van der Waals surface area contributed by atoms with Gasteiger partial charge < -0.3 is 19.9 Å². The van der Waals surface area contributed by atoms with Gasteiger partial charge in [0.25, 0.3) is 5.56 Å². The Morgan fingerprint density at radius 2 is 1.94 bits per heavy atom. The molecule has 0 spiro atoms. The maximum atomic E-state index is 12.9. The number of fused-ring (bicyclic) bond motifs is 1. The lowest BCUT2D eigenvalue weighted by Gasteiger charge is -2.26. The van der Waals surface area contributed by atoms with Gasteiger partial charge in [-0.25, -0.2) is 0 Å². The fourth-order valence-electron chi connectivity index (χ4n) is 3.67. The first-order valence-electron chi connectivity index (χ1n) is 10.8. The van der Waals surface area contributed by atoms with Crippen molar-refractivity contribution in [2.45, 2.75) is 26.9 Å². The zero-order chi connectivity index (χ0) is 23.2. The van der Waals surface area contributed by atoms with Crippen LogP contribution in [0.4, 0.5) is 5.69 Å². The van der Waals surface area contributed by atoms with Crippen molar-refractivity contribution in [2.75, 3.05) is 11.9 Å². The van der Waals surface area contributed by atoms with E-state index < -0.39 is 0 Å². The molecule has 2 heterocycles. The number of hydrogen-bond acceptors (Lipinski definition) is 4. The lowest BCUT2D eigenvalue weighted by molar-refractivity contribution is 0.340. The number of benzene rings is 2. The van der Waals surface area contributed by atoms with Gasteiger partial charge in [0.05, 0.1) is 18.7 Å². The molecule has 0 saturated heterocycles. The van der Waals surface area contributed by atoms with Crippen molar-refractivity contribution in [3.05, 3.63) is 100 Å². The molecule has 2 aromatic heterocycles. The monoisotopic (exact) mass is 458 g/mol. The van der Waals surface area contributed by atoms with E-state index in [1.807, 2.05) is 79.4 Å². The van der Waals surface area contributed by atoms with Crippen LogP contribution in [0.3, 0.4) is 0 Å². The zero-order valence-corrected chi connectivity index (χ0v) is 19.5. The van der Waals surface area contributed by atoms with Gasteiger partial charge in [0, 0.05) is 30.2 Å². The largest absolute Gasteiger partial charge is 0.494 e. The highest BCUT2D eigenvalue weighted by atomic mass is 32.1. The number of nitrogens with one attached hydrogen (secondary N) is 2. The van der Waals surface area contributed by atoms with Gasteiger partial charge in [-0.1, -0.05) is 24.3 Å². The molecule has 2 aromatic carbocycles. The molecule has 0 atom stereocenters. The van der Waals surface area contributed by atoms with Crippen LogP contribution in [0, 0.1) is 6.92 Å². The van der Waals surface area contributed by atoms with E-state index in [4.69, 9.17) is 17.0 Å². The van der Waals surface area contributed by atoms with Crippen LogP contribution in [0.15, 0.2) is 77.9 Å². The summed E-state index contributed by atoms with van der Waals surface area (Å²) in [4.78, 5) is 22.1. The fourth-order valence-corrected chi connectivity index (χ4v) is 3.91. The van der Waals surface area contributed by atoms with E-state index in [1.165, 1.54) is 0 Å². The van der Waals surface area contributed by atoms with E-state index >= 15 is 0 Å². The number of aryl methyl sites for hydroxylation is 1. The summed E-state index contributed by atoms with van der Waals surface area (Å²) in [5.74, 6) is 0.805. The third-order valence-electron chi connectivity index (χ3n) is 5.33. The van der Waals surface area contributed by atoms with Gasteiger partial charge in [-0.05, 0) is 79.0 Å². The van der Waals surface area contributed by atoms with Crippen LogP contribution in [-0.4, -0.2) is 26.6 Å². The summed E-state index contributed by atoms with van der Waals surface area (Å²) >= 11 is 5.75. The average Bonchev–Trinajstić information content (AvgIpc) is 2.82. The van der Waals surface area contributed by atoms with Crippen molar-refractivity contribution in [1.29, 1.82) is 0 Å². The summed E-state index contributed by atoms with van der Waals surface area (Å²) in [6, 6.07) is 19.5. The second kappa shape index (κ2) is 10.3. The van der Waals surface area contributed by atoms with Crippen molar-refractivity contribution in [1.82, 2.24) is 14.9 Å². The van der Waals surface area contributed by atoms with Crippen molar-refractivity contribution in [2.24, 2.45) is 0 Å². The van der Waals surface area contributed by atoms with Crippen LogP contribution in [0.1, 0.15) is 23.6 Å². The lowest BCUT2D eigenvalue weighted by atomic mass is 10.1. The number of nitrogens with zero attached hydrogens (tertiary/aromatic N) is 2. The van der Waals surface area contributed by atoms with Crippen LogP contribution in [0.25, 0.3) is 10.9 Å². The lowest BCUT2D eigenvalue weighted by Crippen LogP contribution is -2.35. The van der Waals surface area contributed by atoms with Gasteiger partial charge >= 0.3 is 0 Å². The Morgan fingerprint density at radius 1 is 1.12 bits per heavy atom. The summed E-state index contributed by atoms with van der Waals surface area (Å²) < 4.78 is 5.51. The molecule has 0 aliphatic rings. The van der Waals surface area contributed by atoms with E-state index in [1.54, 1.807) is 12.4 Å². The molecule has 4 rings (SSSR count). The fraction of sp³-hybridized carbons (Fsp3) is 0.192. The molecule has 0 unspecified atom stereocenters. The first kappa shape index (κ1) is 22.5. The Labute approximate surface area is 198 Å². The minimum atomic E-state index is -0.114. The number of hydrogen-bond donors (Lipinski definition) is 2. The number of ether oxygens (including phenoxy) is 1. The number of H-pyrrole nitrogens is 1. The van der Waals surface area contributed by atoms with Gasteiger partial charge in [0.15, 0.2) is 5.11 Å². The zero-order valence-electron chi connectivity index (χ0n) is 18.7. The Kier molecular flexibility index (Phi) is 7.00. The third-order valence-corrected chi connectivity index (χ3v) is 5.69. The summed E-state index contributed by atoms with van der Waals surface area (Å²) in [6.07, 6.45) is 3.54. The first-order valence-corrected chi connectivity index (χ1v) is 11.2. The molecule has 2 N–H and O–H groups in total. The average molecular weight is 459 g/mol. The molecule has 33 heavy (non-hydrogen) atoms. The van der Waals surface area contributed by atoms with Crippen molar-refractivity contribution >= 4 is 33.9 Å². The number of pyridine rings is 2. The maximum absolute atomic E-state index is 12.9. The van der Waals surface area contributed by atoms with Gasteiger partial charge in [0.2, 0.25) is 0 Å². The SMILES string of the molecule is CCOc1ccc(NC(=S)N(Cc2cccnc2)Cc2cc3cccc(C)c3[nH]c2=O)cc1. The predicted octanol–water partition coefficient (Wildman–Crippen LogP) is 5.03. The first-order chi connectivity index (χ1) is 16.0. The molecule has 0 radical (unpaired) electrons. The molecule has 7 heteroatoms. The number of thiocarbonyl (C=S) groups is 1. The summed E-state index contributed by atoms with van der Waals surface area (Å²) in [6.45, 7) is 5.43. The Bertz CT molecular complexity index is 1300. The van der Waals surface area contributed by atoms with Crippen LogP contribution in [-0.2, 0) is 13.1 Å².